The number of aliphatic imine (C=N–C) groups is 1. The van der Waals surface area contributed by atoms with Crippen LogP contribution in [0.15, 0.2) is 87.9 Å². The first-order chi connectivity index (χ1) is 12.7. The summed E-state index contributed by atoms with van der Waals surface area (Å²) >= 11 is 1.79. The third kappa shape index (κ3) is 3.46. The number of benzene rings is 3. The molecule has 3 aromatic rings. The Morgan fingerprint density at radius 3 is 2.62 bits per heavy atom. The molecule has 3 nitrogen and oxygen atoms in total. The maximum absolute atomic E-state index is 10.9. The summed E-state index contributed by atoms with van der Waals surface area (Å²) in [5.74, 6) is 0. The minimum Gasteiger partial charge on any atom is -0.252 e. The molecular weight excluding hydrogens is 340 g/mol. The summed E-state index contributed by atoms with van der Waals surface area (Å²) in [4.78, 5) is 17.1. The molecular formula is C22H18N2OS. The number of para-hydroxylation sites is 1. The average Bonchev–Trinajstić information content (AvgIpc) is 2.88. The van der Waals surface area contributed by atoms with Gasteiger partial charge in [-0.05, 0) is 47.5 Å². The van der Waals surface area contributed by atoms with Crippen LogP contribution in [0.4, 0.5) is 11.4 Å². The van der Waals surface area contributed by atoms with Crippen LogP contribution >= 0.6 is 11.8 Å². The van der Waals surface area contributed by atoms with Gasteiger partial charge < -0.3 is 0 Å². The molecule has 1 heterocycles. The molecule has 1 atom stereocenters. The van der Waals surface area contributed by atoms with Crippen molar-refractivity contribution >= 4 is 28.8 Å². The number of hydrogen-bond acceptors (Lipinski definition) is 4. The van der Waals surface area contributed by atoms with E-state index in [0.29, 0.717) is 5.69 Å². The Morgan fingerprint density at radius 1 is 1.00 bits per heavy atom. The number of thioether (sulfide) groups is 1. The van der Waals surface area contributed by atoms with Gasteiger partial charge in [-0.15, -0.1) is 16.7 Å². The molecule has 0 bridgehead atoms. The van der Waals surface area contributed by atoms with Crippen molar-refractivity contribution < 1.29 is 0 Å². The molecule has 0 aromatic heterocycles. The second-order valence-electron chi connectivity index (χ2n) is 6.39. The van der Waals surface area contributed by atoms with Crippen LogP contribution in [-0.4, -0.2) is 5.71 Å². The zero-order valence-electron chi connectivity index (χ0n) is 14.4. The van der Waals surface area contributed by atoms with E-state index in [1.54, 1.807) is 17.8 Å². The summed E-state index contributed by atoms with van der Waals surface area (Å²) in [6, 6.07) is 24.3. The van der Waals surface area contributed by atoms with Gasteiger partial charge in [0.1, 0.15) is 5.69 Å². The van der Waals surface area contributed by atoms with Crippen LogP contribution in [0.25, 0.3) is 0 Å². The van der Waals surface area contributed by atoms with E-state index in [0.717, 1.165) is 33.8 Å². The molecule has 1 unspecified atom stereocenters. The summed E-state index contributed by atoms with van der Waals surface area (Å²) in [5, 5.41) is 3.27. The molecule has 0 radical (unpaired) electrons. The van der Waals surface area contributed by atoms with E-state index in [-0.39, 0.29) is 5.25 Å². The van der Waals surface area contributed by atoms with Crippen LogP contribution in [0.5, 0.6) is 0 Å². The number of nitrogens with zero attached hydrogens (tertiary/aromatic N) is 2. The van der Waals surface area contributed by atoms with Crippen molar-refractivity contribution in [1.82, 2.24) is 0 Å². The Labute approximate surface area is 157 Å². The minimum absolute atomic E-state index is 0.181. The molecule has 0 spiro atoms. The lowest BCUT2D eigenvalue weighted by Crippen LogP contribution is -2.05. The first kappa shape index (κ1) is 16.7. The van der Waals surface area contributed by atoms with Gasteiger partial charge in [-0.1, -0.05) is 54.1 Å². The molecule has 0 amide bonds. The van der Waals surface area contributed by atoms with E-state index in [1.165, 1.54) is 5.56 Å². The van der Waals surface area contributed by atoms with E-state index in [4.69, 9.17) is 4.99 Å². The molecule has 0 saturated carbocycles. The Morgan fingerprint density at radius 2 is 1.81 bits per heavy atom. The molecule has 0 aliphatic carbocycles. The number of hydrogen-bond donors (Lipinski definition) is 0. The zero-order chi connectivity index (χ0) is 17.9. The van der Waals surface area contributed by atoms with Crippen LogP contribution < -0.4 is 0 Å². The van der Waals surface area contributed by atoms with Gasteiger partial charge in [-0.2, -0.15) is 0 Å². The van der Waals surface area contributed by atoms with Gasteiger partial charge in [-0.3, -0.25) is 4.99 Å². The zero-order valence-corrected chi connectivity index (χ0v) is 15.2. The molecule has 0 fully saturated rings. The van der Waals surface area contributed by atoms with E-state index in [9.17, 15) is 4.91 Å². The second-order valence-corrected chi connectivity index (χ2v) is 7.63. The fraction of sp³-hybridized carbons (Fsp3) is 0.136. The van der Waals surface area contributed by atoms with Crippen LogP contribution in [0.1, 0.15) is 28.4 Å². The first-order valence-electron chi connectivity index (χ1n) is 8.56. The molecule has 0 N–H and O–H groups in total. The molecule has 4 rings (SSSR count). The summed E-state index contributed by atoms with van der Waals surface area (Å²) < 4.78 is 0. The van der Waals surface area contributed by atoms with Crippen molar-refractivity contribution in [2.45, 2.75) is 23.5 Å². The second kappa shape index (κ2) is 7.26. The fourth-order valence-corrected chi connectivity index (χ4v) is 4.33. The fourth-order valence-electron chi connectivity index (χ4n) is 3.11. The molecule has 1 aliphatic heterocycles. The van der Waals surface area contributed by atoms with Gasteiger partial charge >= 0.3 is 0 Å². The smallest absolute Gasteiger partial charge is 0.108 e. The predicted octanol–water partition coefficient (Wildman–Crippen LogP) is 6.75. The van der Waals surface area contributed by atoms with E-state index >= 15 is 0 Å². The highest BCUT2D eigenvalue weighted by Crippen LogP contribution is 2.45. The largest absolute Gasteiger partial charge is 0.252 e. The molecule has 1 aliphatic rings. The van der Waals surface area contributed by atoms with Gasteiger partial charge in [0.2, 0.25) is 0 Å². The monoisotopic (exact) mass is 358 g/mol. The highest BCUT2D eigenvalue weighted by Gasteiger charge is 2.22. The normalized spacial score (nSPS) is 16.3. The SMILES string of the molecule is Cc1ccc(C2=Nc3ccccc3SC(c3cccc(N=O)c3)C2)cc1. The number of fused-ring (bicyclic) bond motifs is 1. The van der Waals surface area contributed by atoms with Crippen LogP contribution in [0.2, 0.25) is 0 Å². The standard InChI is InChI=1S/C22H18N2OS/c1-15-9-11-16(12-10-15)20-14-22(17-5-4-6-18(13-17)24-25)26-21-8-3-2-7-19(21)23-20/h2-13,22H,14H2,1H3. The van der Waals surface area contributed by atoms with Crippen molar-refractivity contribution in [1.29, 1.82) is 0 Å². The van der Waals surface area contributed by atoms with Crippen molar-refractivity contribution in [3.8, 4) is 0 Å². The predicted molar refractivity (Wildman–Crippen MR) is 109 cm³/mol. The average molecular weight is 358 g/mol. The maximum Gasteiger partial charge on any atom is 0.108 e. The van der Waals surface area contributed by atoms with Gasteiger partial charge in [0.25, 0.3) is 0 Å². The van der Waals surface area contributed by atoms with Crippen molar-refractivity contribution in [2.75, 3.05) is 0 Å². The minimum atomic E-state index is 0.181. The quantitative estimate of drug-likeness (QED) is 0.486. The number of rotatable bonds is 3. The Kier molecular flexibility index (Phi) is 4.67. The van der Waals surface area contributed by atoms with Gasteiger partial charge in [0.15, 0.2) is 0 Å². The van der Waals surface area contributed by atoms with Gasteiger partial charge in [0.05, 0.1) is 5.69 Å². The van der Waals surface area contributed by atoms with Crippen LogP contribution in [-0.2, 0) is 0 Å². The van der Waals surface area contributed by atoms with E-state index < -0.39 is 0 Å². The summed E-state index contributed by atoms with van der Waals surface area (Å²) in [6.45, 7) is 2.09. The third-order valence-corrected chi connectivity index (χ3v) is 5.82. The Hall–Kier alpha value is -2.72. The Balaban J connectivity index is 1.79. The lowest BCUT2D eigenvalue weighted by atomic mass is 10.00. The van der Waals surface area contributed by atoms with Crippen molar-refractivity contribution in [3.05, 3.63) is 94.4 Å². The first-order valence-corrected chi connectivity index (χ1v) is 9.44. The summed E-state index contributed by atoms with van der Waals surface area (Å²) in [6.07, 6.45) is 0.796. The summed E-state index contributed by atoms with van der Waals surface area (Å²) in [7, 11) is 0. The third-order valence-electron chi connectivity index (χ3n) is 4.50. The highest BCUT2D eigenvalue weighted by molar-refractivity contribution is 7.99. The topological polar surface area (TPSA) is 41.8 Å². The number of nitroso groups, excluding NO2 is 1. The van der Waals surface area contributed by atoms with Gasteiger partial charge in [0, 0.05) is 22.3 Å². The molecule has 3 aromatic carbocycles. The van der Waals surface area contributed by atoms with Crippen molar-refractivity contribution in [2.24, 2.45) is 10.2 Å². The molecule has 4 heteroatoms. The molecule has 26 heavy (non-hydrogen) atoms. The van der Waals surface area contributed by atoms with Gasteiger partial charge in [-0.25, -0.2) is 0 Å². The van der Waals surface area contributed by atoms with Crippen molar-refractivity contribution in [3.63, 3.8) is 0 Å². The molecule has 0 saturated heterocycles. The molecule has 128 valence electrons. The van der Waals surface area contributed by atoms with E-state index in [1.807, 2.05) is 24.3 Å². The van der Waals surface area contributed by atoms with E-state index in [2.05, 4.69) is 54.6 Å². The maximum atomic E-state index is 10.9. The lowest BCUT2D eigenvalue weighted by molar-refractivity contribution is 1.01. The lowest BCUT2D eigenvalue weighted by Gasteiger charge is -2.16. The van der Waals surface area contributed by atoms with Crippen LogP contribution in [0, 0.1) is 11.8 Å². The summed E-state index contributed by atoms with van der Waals surface area (Å²) in [5.41, 5.74) is 6.01. The highest BCUT2D eigenvalue weighted by atomic mass is 32.2. The Bertz CT molecular complexity index is 979. The van der Waals surface area contributed by atoms with Crippen LogP contribution in [0.3, 0.4) is 0 Å². The number of aryl methyl sites for hydroxylation is 1.